The van der Waals surface area contributed by atoms with E-state index in [0.29, 0.717) is 6.54 Å². The van der Waals surface area contributed by atoms with Crippen molar-refractivity contribution in [2.45, 2.75) is 31.7 Å². The van der Waals surface area contributed by atoms with Crippen molar-refractivity contribution in [3.05, 3.63) is 59.9 Å². The minimum Gasteiger partial charge on any atom is -0.299 e. The first kappa shape index (κ1) is 17.5. The van der Waals surface area contributed by atoms with E-state index in [0.717, 1.165) is 38.2 Å². The minimum atomic E-state index is -3.24. The van der Waals surface area contributed by atoms with Gasteiger partial charge in [-0.25, -0.2) is 8.42 Å². The number of benzene rings is 1. The minimum absolute atomic E-state index is 0.0513. The summed E-state index contributed by atoms with van der Waals surface area (Å²) in [5, 5.41) is 0. The van der Waals surface area contributed by atoms with Crippen LogP contribution in [0.3, 0.4) is 0 Å². The third kappa shape index (κ3) is 3.01. The average Bonchev–Trinajstić information content (AvgIpc) is 3.00. The number of rotatable bonds is 4. The number of anilines is 1. The van der Waals surface area contributed by atoms with Gasteiger partial charge in [-0.1, -0.05) is 24.3 Å². The molecule has 6 heteroatoms. The van der Waals surface area contributed by atoms with Gasteiger partial charge in [-0.15, -0.1) is 0 Å². The molecule has 0 unspecified atom stereocenters. The van der Waals surface area contributed by atoms with Crippen molar-refractivity contribution in [1.82, 2.24) is 9.88 Å². The first-order valence-electron chi connectivity index (χ1n) is 9.25. The summed E-state index contributed by atoms with van der Waals surface area (Å²) in [6, 6.07) is 12.1. The lowest BCUT2D eigenvalue weighted by Crippen LogP contribution is -2.46. The van der Waals surface area contributed by atoms with Crippen LogP contribution >= 0.6 is 0 Å². The number of fused-ring (bicyclic) bond motifs is 2. The van der Waals surface area contributed by atoms with Gasteiger partial charge in [0.1, 0.15) is 0 Å². The third-order valence-corrected chi connectivity index (χ3v) is 7.56. The molecule has 1 fully saturated rings. The van der Waals surface area contributed by atoms with E-state index in [-0.39, 0.29) is 11.2 Å². The number of likely N-dealkylation sites (tertiary alicyclic amines) is 1. The monoisotopic (exact) mass is 371 g/mol. The zero-order valence-corrected chi connectivity index (χ0v) is 16.0. The number of pyridine rings is 1. The predicted molar refractivity (Wildman–Crippen MR) is 104 cm³/mol. The number of hydrogen-bond acceptors (Lipinski definition) is 4. The molecule has 2 aromatic rings. The maximum absolute atomic E-state index is 12.6. The van der Waals surface area contributed by atoms with Crippen LogP contribution in [0.2, 0.25) is 0 Å². The molecule has 138 valence electrons. The van der Waals surface area contributed by atoms with Crippen molar-refractivity contribution >= 4 is 15.7 Å². The summed E-state index contributed by atoms with van der Waals surface area (Å²) in [5.41, 5.74) is 3.27. The number of sulfonamides is 1. The third-order valence-electron chi connectivity index (χ3n) is 5.83. The highest BCUT2D eigenvalue weighted by Crippen LogP contribution is 2.48. The molecule has 1 saturated heterocycles. The smallest absolute Gasteiger partial charge is 0.234 e. The highest BCUT2D eigenvalue weighted by atomic mass is 32.2. The quantitative estimate of drug-likeness (QED) is 0.829. The summed E-state index contributed by atoms with van der Waals surface area (Å²) < 4.78 is 26.9. The van der Waals surface area contributed by atoms with Crippen LogP contribution in [-0.2, 0) is 22.0 Å². The molecule has 3 heterocycles. The van der Waals surface area contributed by atoms with Crippen molar-refractivity contribution in [1.29, 1.82) is 0 Å². The van der Waals surface area contributed by atoms with Gasteiger partial charge in [-0.05, 0) is 56.1 Å². The van der Waals surface area contributed by atoms with Gasteiger partial charge in [0.25, 0.3) is 0 Å². The maximum Gasteiger partial charge on any atom is 0.234 e. The Kier molecular flexibility index (Phi) is 4.49. The summed E-state index contributed by atoms with van der Waals surface area (Å²) in [7, 11) is -3.24. The molecule has 0 radical (unpaired) electrons. The summed E-state index contributed by atoms with van der Waals surface area (Å²) in [6.45, 7) is 5.16. The van der Waals surface area contributed by atoms with Crippen LogP contribution in [0, 0.1) is 0 Å². The molecule has 1 spiro atoms. The van der Waals surface area contributed by atoms with Gasteiger partial charge in [0.2, 0.25) is 10.0 Å². The molecule has 1 aromatic heterocycles. The Morgan fingerprint density at radius 2 is 1.88 bits per heavy atom. The fraction of sp³-hybridized carbons (Fsp3) is 0.450. The van der Waals surface area contributed by atoms with E-state index < -0.39 is 10.0 Å². The largest absolute Gasteiger partial charge is 0.299 e. The molecule has 26 heavy (non-hydrogen) atoms. The van der Waals surface area contributed by atoms with Crippen molar-refractivity contribution in [2.24, 2.45) is 0 Å². The normalized spacial score (nSPS) is 19.7. The van der Waals surface area contributed by atoms with E-state index in [1.54, 1.807) is 17.4 Å². The van der Waals surface area contributed by atoms with Crippen molar-refractivity contribution in [2.75, 3.05) is 29.7 Å². The van der Waals surface area contributed by atoms with Gasteiger partial charge in [0.15, 0.2) is 0 Å². The van der Waals surface area contributed by atoms with E-state index in [9.17, 15) is 8.42 Å². The SMILES string of the molecule is CCS(=O)(=O)N1CC2(CCN(Cc3cccnc3)CC2)c2ccccc21. The van der Waals surface area contributed by atoms with Crippen molar-refractivity contribution < 1.29 is 8.42 Å². The molecule has 0 aliphatic carbocycles. The Hall–Kier alpha value is -1.92. The first-order chi connectivity index (χ1) is 12.5. The molecule has 2 aliphatic rings. The van der Waals surface area contributed by atoms with Crippen LogP contribution in [0.25, 0.3) is 0 Å². The molecule has 0 N–H and O–H groups in total. The number of piperidine rings is 1. The van der Waals surface area contributed by atoms with Crippen LogP contribution in [0.1, 0.15) is 30.9 Å². The summed E-state index contributed by atoms with van der Waals surface area (Å²) in [5.74, 6) is 0.143. The predicted octanol–water partition coefficient (Wildman–Crippen LogP) is 2.79. The first-order valence-corrected chi connectivity index (χ1v) is 10.9. The van der Waals surface area contributed by atoms with E-state index in [4.69, 9.17) is 0 Å². The van der Waals surface area contributed by atoms with E-state index in [2.05, 4.69) is 22.0 Å². The molecule has 0 saturated carbocycles. The molecular formula is C20H25N3O2S. The second-order valence-corrected chi connectivity index (χ2v) is 9.52. The topological polar surface area (TPSA) is 53.5 Å². The van der Waals surface area contributed by atoms with Crippen LogP contribution in [0.4, 0.5) is 5.69 Å². The number of nitrogens with zero attached hydrogens (tertiary/aromatic N) is 3. The van der Waals surface area contributed by atoms with Gasteiger partial charge in [0.05, 0.1) is 11.4 Å². The van der Waals surface area contributed by atoms with E-state index in [1.807, 2.05) is 30.5 Å². The number of aromatic nitrogens is 1. The highest BCUT2D eigenvalue weighted by Gasteiger charge is 2.47. The second kappa shape index (κ2) is 6.67. The zero-order chi connectivity index (χ0) is 18.2. The van der Waals surface area contributed by atoms with Gasteiger partial charge in [0, 0.05) is 30.9 Å². The van der Waals surface area contributed by atoms with Crippen molar-refractivity contribution in [3.63, 3.8) is 0 Å². The molecule has 0 bridgehead atoms. The van der Waals surface area contributed by atoms with Crippen LogP contribution < -0.4 is 4.31 Å². The number of hydrogen-bond donors (Lipinski definition) is 0. The summed E-state index contributed by atoms with van der Waals surface area (Å²) >= 11 is 0. The van der Waals surface area contributed by atoms with Crippen molar-refractivity contribution in [3.8, 4) is 0 Å². The Morgan fingerprint density at radius 1 is 1.12 bits per heavy atom. The van der Waals surface area contributed by atoms with Gasteiger partial charge in [-0.2, -0.15) is 0 Å². The Morgan fingerprint density at radius 3 is 2.58 bits per heavy atom. The number of para-hydroxylation sites is 1. The lowest BCUT2D eigenvalue weighted by Gasteiger charge is -2.39. The van der Waals surface area contributed by atoms with Gasteiger partial charge < -0.3 is 0 Å². The standard InChI is InChI=1S/C20H25N3O2S/c1-2-26(24,25)23-16-20(18-7-3-4-8-19(18)23)9-12-22(13-10-20)15-17-6-5-11-21-14-17/h3-8,11,14H,2,9-10,12-13,15-16H2,1H3. The zero-order valence-electron chi connectivity index (χ0n) is 15.1. The van der Waals surface area contributed by atoms with Crippen LogP contribution in [0.5, 0.6) is 0 Å². The molecule has 1 aromatic carbocycles. The lowest BCUT2D eigenvalue weighted by atomic mass is 9.74. The van der Waals surface area contributed by atoms with Crippen LogP contribution in [-0.4, -0.2) is 43.7 Å². The van der Waals surface area contributed by atoms with Gasteiger partial charge in [-0.3, -0.25) is 14.2 Å². The van der Waals surface area contributed by atoms with Gasteiger partial charge >= 0.3 is 0 Å². The summed E-state index contributed by atoms with van der Waals surface area (Å²) in [4.78, 5) is 6.64. The fourth-order valence-electron chi connectivity index (χ4n) is 4.31. The van der Waals surface area contributed by atoms with Crippen LogP contribution in [0.15, 0.2) is 48.8 Å². The molecule has 4 rings (SSSR count). The molecule has 0 atom stereocenters. The molecule has 2 aliphatic heterocycles. The van der Waals surface area contributed by atoms with E-state index in [1.165, 1.54) is 11.1 Å². The molecule has 0 amide bonds. The second-order valence-electron chi connectivity index (χ2n) is 7.34. The Labute approximate surface area is 155 Å². The lowest BCUT2D eigenvalue weighted by molar-refractivity contribution is 0.161. The highest BCUT2D eigenvalue weighted by molar-refractivity contribution is 7.92. The Balaban J connectivity index is 1.55. The fourth-order valence-corrected chi connectivity index (χ4v) is 5.52. The maximum atomic E-state index is 12.6. The summed E-state index contributed by atoms with van der Waals surface area (Å²) in [6.07, 6.45) is 5.69. The Bertz CT molecular complexity index is 875. The van der Waals surface area contributed by atoms with E-state index >= 15 is 0 Å². The average molecular weight is 372 g/mol. The molecular weight excluding hydrogens is 346 g/mol. The molecule has 5 nitrogen and oxygen atoms in total.